The van der Waals surface area contributed by atoms with Gasteiger partial charge in [-0.3, -0.25) is 0 Å². The number of benzene rings is 1. The van der Waals surface area contributed by atoms with Crippen LogP contribution in [0, 0.1) is 19.3 Å². The van der Waals surface area contributed by atoms with Gasteiger partial charge in [0.1, 0.15) is 23.6 Å². The maximum Gasteiger partial charge on any atom is 0.136 e. The summed E-state index contributed by atoms with van der Waals surface area (Å²) in [6, 6.07) is 5.73. The molecule has 4 rings (SSSR count). The molecule has 2 aliphatic heterocycles. The first-order chi connectivity index (χ1) is 13.9. The number of rotatable bonds is 5. The van der Waals surface area contributed by atoms with E-state index in [1.807, 2.05) is 36.9 Å². The van der Waals surface area contributed by atoms with Gasteiger partial charge in [0.05, 0.1) is 6.10 Å². The standard InChI is InChI=1S/C21H27FN6O/c1-12-5-14(8-23)19(6-17(12)16-3-4-24-9-18(16)22)27-20-7-21(26-13(2)25-20)28-10-15(29)11-28/h5-8,15-16,18,23-24,29H,3-4,9-11H2,1-2H3,(H,25,26,27). The minimum Gasteiger partial charge on any atom is -0.389 e. The van der Waals surface area contributed by atoms with Crippen molar-refractivity contribution in [2.24, 2.45) is 0 Å². The van der Waals surface area contributed by atoms with Gasteiger partial charge >= 0.3 is 0 Å². The number of hydrogen-bond donors (Lipinski definition) is 4. The fraction of sp³-hybridized carbons (Fsp3) is 0.476. The zero-order valence-corrected chi connectivity index (χ0v) is 16.7. The predicted octanol–water partition coefficient (Wildman–Crippen LogP) is 2.43. The van der Waals surface area contributed by atoms with Crippen LogP contribution in [0.15, 0.2) is 18.2 Å². The van der Waals surface area contributed by atoms with Crippen LogP contribution in [0.25, 0.3) is 0 Å². The minimum absolute atomic E-state index is 0.151. The van der Waals surface area contributed by atoms with E-state index in [0.717, 1.165) is 41.2 Å². The first-order valence-corrected chi connectivity index (χ1v) is 10.00. The van der Waals surface area contributed by atoms with Crippen molar-refractivity contribution in [2.75, 3.05) is 36.4 Å². The number of β-amino-alcohol motifs (C(OH)–C–C–N with tert-alkyl or cyclic N) is 1. The van der Waals surface area contributed by atoms with Crippen LogP contribution in [0.4, 0.5) is 21.7 Å². The summed E-state index contributed by atoms with van der Waals surface area (Å²) in [6.45, 7) is 6.09. The SMILES string of the molecule is Cc1nc(Nc2cc(C3CCNCC3F)c(C)cc2C=N)cc(N2CC(O)C2)n1. The molecular formula is C21H27FN6O. The molecule has 0 amide bonds. The third-order valence-corrected chi connectivity index (χ3v) is 5.67. The number of hydrogen-bond acceptors (Lipinski definition) is 7. The Morgan fingerprint density at radius 2 is 2.07 bits per heavy atom. The van der Waals surface area contributed by atoms with Gasteiger partial charge in [0, 0.05) is 49.1 Å². The molecule has 4 N–H and O–H groups in total. The molecule has 2 aliphatic rings. The van der Waals surface area contributed by atoms with Crippen molar-refractivity contribution in [2.45, 2.75) is 38.5 Å². The van der Waals surface area contributed by atoms with Crippen LogP contribution in [-0.2, 0) is 0 Å². The van der Waals surface area contributed by atoms with Gasteiger partial charge < -0.3 is 26.0 Å². The second kappa shape index (κ2) is 8.04. The van der Waals surface area contributed by atoms with Gasteiger partial charge in [-0.05, 0) is 50.1 Å². The molecule has 0 radical (unpaired) electrons. The molecule has 2 fully saturated rings. The molecule has 0 bridgehead atoms. The molecule has 29 heavy (non-hydrogen) atoms. The fourth-order valence-electron chi connectivity index (χ4n) is 4.10. The van der Waals surface area contributed by atoms with Gasteiger partial charge in [0.2, 0.25) is 0 Å². The first-order valence-electron chi connectivity index (χ1n) is 10.00. The molecule has 1 aromatic heterocycles. The first kappa shape index (κ1) is 19.7. The molecule has 0 saturated carbocycles. The van der Waals surface area contributed by atoms with E-state index in [1.54, 1.807) is 0 Å². The van der Waals surface area contributed by atoms with Crippen LogP contribution in [0.2, 0.25) is 0 Å². The van der Waals surface area contributed by atoms with Gasteiger partial charge in [0.15, 0.2) is 0 Å². The minimum atomic E-state index is -0.924. The Balaban J connectivity index is 1.66. The van der Waals surface area contributed by atoms with Crippen molar-refractivity contribution in [3.63, 3.8) is 0 Å². The fourth-order valence-corrected chi connectivity index (χ4v) is 4.10. The second-order valence-electron chi connectivity index (χ2n) is 7.90. The number of aryl methyl sites for hydroxylation is 2. The Labute approximate surface area is 169 Å². The summed E-state index contributed by atoms with van der Waals surface area (Å²) in [6.07, 6.45) is 0.811. The van der Waals surface area contributed by atoms with Gasteiger partial charge in [-0.1, -0.05) is 0 Å². The van der Waals surface area contributed by atoms with Crippen LogP contribution in [0.5, 0.6) is 0 Å². The number of halogens is 1. The summed E-state index contributed by atoms with van der Waals surface area (Å²) >= 11 is 0. The molecule has 7 nitrogen and oxygen atoms in total. The lowest BCUT2D eigenvalue weighted by atomic mass is 9.85. The van der Waals surface area contributed by atoms with Crippen molar-refractivity contribution in [1.82, 2.24) is 15.3 Å². The summed E-state index contributed by atoms with van der Waals surface area (Å²) in [5, 5.41) is 23.8. The summed E-state index contributed by atoms with van der Waals surface area (Å²) in [5.41, 5.74) is 3.44. The number of aliphatic hydroxyl groups is 1. The van der Waals surface area contributed by atoms with E-state index in [0.29, 0.717) is 31.3 Å². The quantitative estimate of drug-likeness (QED) is 0.578. The molecule has 2 saturated heterocycles. The number of anilines is 3. The Bertz CT molecular complexity index is 914. The van der Waals surface area contributed by atoms with E-state index < -0.39 is 6.17 Å². The molecule has 0 aliphatic carbocycles. The maximum absolute atomic E-state index is 14.6. The van der Waals surface area contributed by atoms with E-state index in [-0.39, 0.29) is 12.0 Å². The van der Waals surface area contributed by atoms with Crippen LogP contribution in [0.3, 0.4) is 0 Å². The molecule has 8 heteroatoms. The molecule has 154 valence electrons. The van der Waals surface area contributed by atoms with E-state index in [9.17, 15) is 9.50 Å². The van der Waals surface area contributed by atoms with Crippen molar-refractivity contribution in [3.05, 3.63) is 40.7 Å². The highest BCUT2D eigenvalue weighted by atomic mass is 19.1. The van der Waals surface area contributed by atoms with Crippen molar-refractivity contribution < 1.29 is 9.50 Å². The molecule has 2 atom stereocenters. The van der Waals surface area contributed by atoms with Crippen LogP contribution >= 0.6 is 0 Å². The van der Waals surface area contributed by atoms with Gasteiger partial charge in [-0.15, -0.1) is 0 Å². The number of alkyl halides is 1. The second-order valence-corrected chi connectivity index (χ2v) is 7.90. The number of piperidine rings is 1. The number of aliphatic hydroxyl groups excluding tert-OH is 1. The highest BCUT2D eigenvalue weighted by Gasteiger charge is 2.28. The molecule has 0 spiro atoms. The van der Waals surface area contributed by atoms with E-state index in [1.165, 1.54) is 6.21 Å². The lowest BCUT2D eigenvalue weighted by Gasteiger charge is -2.37. The average Bonchev–Trinajstić information content (AvgIpc) is 2.66. The van der Waals surface area contributed by atoms with Crippen molar-refractivity contribution in [1.29, 1.82) is 5.41 Å². The third-order valence-electron chi connectivity index (χ3n) is 5.67. The van der Waals surface area contributed by atoms with Gasteiger partial charge in [0.25, 0.3) is 0 Å². The summed E-state index contributed by atoms with van der Waals surface area (Å²) < 4.78 is 14.6. The van der Waals surface area contributed by atoms with Gasteiger partial charge in [-0.25, -0.2) is 14.4 Å². The zero-order chi connectivity index (χ0) is 20.5. The van der Waals surface area contributed by atoms with Crippen LogP contribution in [0.1, 0.15) is 34.9 Å². The Kier molecular flexibility index (Phi) is 5.47. The largest absolute Gasteiger partial charge is 0.389 e. The summed E-state index contributed by atoms with van der Waals surface area (Å²) in [7, 11) is 0. The zero-order valence-electron chi connectivity index (χ0n) is 16.7. The normalized spacial score (nSPS) is 22.3. The maximum atomic E-state index is 14.6. The number of nitrogens with one attached hydrogen (secondary N) is 3. The summed E-state index contributed by atoms with van der Waals surface area (Å²) in [5.74, 6) is 1.85. The average molecular weight is 398 g/mol. The molecule has 2 aromatic rings. The Hall–Kier alpha value is -2.58. The molecule has 2 unspecified atom stereocenters. The van der Waals surface area contributed by atoms with Gasteiger partial charge in [-0.2, -0.15) is 0 Å². The highest BCUT2D eigenvalue weighted by molar-refractivity contribution is 5.88. The van der Waals surface area contributed by atoms with E-state index >= 15 is 0 Å². The lowest BCUT2D eigenvalue weighted by molar-refractivity contribution is 0.141. The predicted molar refractivity (Wildman–Crippen MR) is 112 cm³/mol. The Morgan fingerprint density at radius 1 is 1.28 bits per heavy atom. The highest BCUT2D eigenvalue weighted by Crippen LogP contribution is 2.34. The van der Waals surface area contributed by atoms with Crippen molar-refractivity contribution in [3.8, 4) is 0 Å². The number of nitrogens with zero attached hydrogens (tertiary/aromatic N) is 3. The van der Waals surface area contributed by atoms with Crippen LogP contribution < -0.4 is 15.5 Å². The third kappa shape index (κ3) is 4.09. The number of aromatic nitrogens is 2. The molecular weight excluding hydrogens is 371 g/mol. The smallest absolute Gasteiger partial charge is 0.136 e. The monoisotopic (exact) mass is 398 g/mol. The van der Waals surface area contributed by atoms with Crippen LogP contribution in [-0.4, -0.2) is 59.7 Å². The molecule has 3 heterocycles. The van der Waals surface area contributed by atoms with E-state index in [2.05, 4.69) is 20.6 Å². The van der Waals surface area contributed by atoms with E-state index in [4.69, 9.17) is 5.41 Å². The lowest BCUT2D eigenvalue weighted by Crippen LogP contribution is -2.51. The van der Waals surface area contributed by atoms with Crippen molar-refractivity contribution >= 4 is 23.5 Å². The topological polar surface area (TPSA) is 97.2 Å². The molecule has 1 aromatic carbocycles. The summed E-state index contributed by atoms with van der Waals surface area (Å²) in [4.78, 5) is 10.9. The Morgan fingerprint density at radius 3 is 2.76 bits per heavy atom.